The van der Waals surface area contributed by atoms with Crippen LogP contribution >= 0.6 is 0 Å². The highest BCUT2D eigenvalue weighted by Gasteiger charge is 2.23. The monoisotopic (exact) mass is 458 g/mol. The number of nitrogens with one attached hydrogen (secondary N) is 1. The number of nitrogens with zero attached hydrogens (tertiary/aromatic N) is 1. The van der Waals surface area contributed by atoms with Crippen LogP contribution in [0.3, 0.4) is 0 Å². The van der Waals surface area contributed by atoms with E-state index >= 15 is 0 Å². The Hall–Kier alpha value is -3.79. The molecule has 0 heterocycles. The number of hydrogen-bond donors (Lipinski definition) is 1. The van der Waals surface area contributed by atoms with Gasteiger partial charge in [-0.2, -0.15) is 8.42 Å². The molecule has 0 bridgehead atoms. The number of nitro benzene ring substituents is 1. The number of carbonyl (C=O) groups excluding carboxylic acids is 1. The second-order valence-electron chi connectivity index (χ2n) is 6.90. The third-order valence-corrected chi connectivity index (χ3v) is 5.98. The molecule has 1 amide bonds. The first-order valence-corrected chi connectivity index (χ1v) is 10.9. The third-order valence-electron chi connectivity index (χ3n) is 4.59. The predicted molar refractivity (Wildman–Crippen MR) is 115 cm³/mol. The Kier molecular flexibility index (Phi) is 6.84. The van der Waals surface area contributed by atoms with Gasteiger partial charge in [-0.15, -0.1) is 0 Å². The molecule has 0 fully saturated rings. The van der Waals surface area contributed by atoms with E-state index in [0.717, 1.165) is 11.6 Å². The summed E-state index contributed by atoms with van der Waals surface area (Å²) < 4.78 is 43.1. The van der Waals surface area contributed by atoms with Gasteiger partial charge in [0, 0.05) is 24.2 Å². The maximum absolute atomic E-state index is 12.9. The van der Waals surface area contributed by atoms with E-state index in [-0.39, 0.29) is 28.1 Å². The molecule has 0 saturated carbocycles. The van der Waals surface area contributed by atoms with Gasteiger partial charge in [0.15, 0.2) is 0 Å². The van der Waals surface area contributed by atoms with Crippen molar-refractivity contribution in [3.05, 3.63) is 99.4 Å². The molecule has 32 heavy (non-hydrogen) atoms. The summed E-state index contributed by atoms with van der Waals surface area (Å²) in [5.41, 5.74) is 1.09. The summed E-state index contributed by atoms with van der Waals surface area (Å²) in [5, 5.41) is 13.7. The zero-order chi connectivity index (χ0) is 23.3. The van der Waals surface area contributed by atoms with E-state index in [0.29, 0.717) is 24.1 Å². The van der Waals surface area contributed by atoms with E-state index < -0.39 is 15.0 Å². The van der Waals surface area contributed by atoms with E-state index in [9.17, 15) is 27.7 Å². The standard InChI is InChI=1S/C22H19FN2O6S/c1-15-2-9-19(25(27)28)14-21(15)32(29,30)31-20-10-5-17(6-11-20)22(26)24-13-12-16-3-7-18(23)8-4-16/h2-11,14H,12-13H2,1H3,(H,24,26). The van der Waals surface area contributed by atoms with Crippen LogP contribution in [0.15, 0.2) is 71.6 Å². The lowest BCUT2D eigenvalue weighted by atomic mass is 10.1. The van der Waals surface area contributed by atoms with E-state index in [1.807, 2.05) is 0 Å². The van der Waals surface area contributed by atoms with Crippen LogP contribution in [0.1, 0.15) is 21.5 Å². The molecule has 1 N–H and O–H groups in total. The average molecular weight is 458 g/mol. The van der Waals surface area contributed by atoms with Crippen LogP contribution in [-0.4, -0.2) is 25.8 Å². The molecule has 0 saturated heterocycles. The molecule has 0 unspecified atom stereocenters. The van der Waals surface area contributed by atoms with Gasteiger partial charge in [-0.05, 0) is 60.9 Å². The van der Waals surface area contributed by atoms with Gasteiger partial charge >= 0.3 is 10.1 Å². The molecule has 10 heteroatoms. The fourth-order valence-electron chi connectivity index (χ4n) is 2.88. The highest BCUT2D eigenvalue weighted by molar-refractivity contribution is 7.87. The molecule has 0 aliphatic carbocycles. The van der Waals surface area contributed by atoms with E-state index in [4.69, 9.17) is 4.18 Å². The summed E-state index contributed by atoms with van der Waals surface area (Å²) in [5.74, 6) is -0.738. The number of halogens is 1. The molecule has 3 aromatic carbocycles. The van der Waals surface area contributed by atoms with Crippen LogP contribution in [0.5, 0.6) is 5.75 Å². The zero-order valence-electron chi connectivity index (χ0n) is 16.9. The summed E-state index contributed by atoms with van der Waals surface area (Å²) in [6.07, 6.45) is 0.522. The number of aryl methyl sites for hydroxylation is 1. The molecule has 0 aromatic heterocycles. The topological polar surface area (TPSA) is 116 Å². The number of amides is 1. The first-order chi connectivity index (χ1) is 15.2. The van der Waals surface area contributed by atoms with Gasteiger partial charge in [-0.25, -0.2) is 4.39 Å². The maximum atomic E-state index is 12.9. The molecule has 0 spiro atoms. The predicted octanol–water partition coefficient (Wildman–Crippen LogP) is 3.78. The molecule has 3 aromatic rings. The second-order valence-corrected chi connectivity index (χ2v) is 8.42. The fraction of sp³-hybridized carbons (Fsp3) is 0.136. The van der Waals surface area contributed by atoms with Crippen molar-refractivity contribution in [2.45, 2.75) is 18.2 Å². The Balaban J connectivity index is 1.63. The summed E-state index contributed by atoms with van der Waals surface area (Å²) in [4.78, 5) is 22.2. The van der Waals surface area contributed by atoms with Crippen LogP contribution in [-0.2, 0) is 16.5 Å². The smallest absolute Gasteiger partial charge is 0.339 e. The van der Waals surface area contributed by atoms with Gasteiger partial charge in [0.05, 0.1) is 4.92 Å². The van der Waals surface area contributed by atoms with E-state index in [1.165, 1.54) is 55.5 Å². The number of rotatable bonds is 8. The third kappa shape index (κ3) is 5.67. The highest BCUT2D eigenvalue weighted by Crippen LogP contribution is 2.25. The number of nitro groups is 1. The van der Waals surface area contributed by atoms with Crippen LogP contribution in [0.2, 0.25) is 0 Å². The van der Waals surface area contributed by atoms with Crippen LogP contribution in [0.4, 0.5) is 10.1 Å². The minimum absolute atomic E-state index is 0.0428. The quantitative estimate of drug-likeness (QED) is 0.312. The van der Waals surface area contributed by atoms with Crippen molar-refractivity contribution in [1.82, 2.24) is 5.32 Å². The van der Waals surface area contributed by atoms with E-state index in [1.54, 1.807) is 12.1 Å². The van der Waals surface area contributed by atoms with Gasteiger partial charge in [0.2, 0.25) is 0 Å². The molecule has 166 valence electrons. The zero-order valence-corrected chi connectivity index (χ0v) is 17.8. The minimum Gasteiger partial charge on any atom is -0.379 e. The summed E-state index contributed by atoms with van der Waals surface area (Å²) in [6, 6.07) is 14.9. The fourth-order valence-corrected chi connectivity index (χ4v) is 4.06. The normalized spacial score (nSPS) is 11.1. The number of benzene rings is 3. The maximum Gasteiger partial charge on any atom is 0.339 e. The largest absolute Gasteiger partial charge is 0.379 e. The molecular formula is C22H19FN2O6S. The lowest BCUT2D eigenvalue weighted by Gasteiger charge is -2.10. The summed E-state index contributed by atoms with van der Waals surface area (Å²) in [6.45, 7) is 1.84. The van der Waals surface area contributed by atoms with Gasteiger partial charge in [-0.1, -0.05) is 18.2 Å². The Morgan fingerprint density at radius 3 is 2.34 bits per heavy atom. The Morgan fingerprint density at radius 2 is 1.72 bits per heavy atom. The number of carbonyl (C=O) groups is 1. The molecule has 3 rings (SSSR count). The first kappa shape index (κ1) is 22.9. The molecule has 0 radical (unpaired) electrons. The van der Waals surface area contributed by atoms with Gasteiger partial charge in [-0.3, -0.25) is 14.9 Å². The lowest BCUT2D eigenvalue weighted by molar-refractivity contribution is -0.385. The van der Waals surface area contributed by atoms with Crippen molar-refractivity contribution in [2.24, 2.45) is 0 Å². The van der Waals surface area contributed by atoms with Crippen molar-refractivity contribution in [1.29, 1.82) is 0 Å². The minimum atomic E-state index is -4.31. The molecule has 0 atom stereocenters. The van der Waals surface area contributed by atoms with E-state index in [2.05, 4.69) is 5.32 Å². The number of non-ortho nitro benzene ring substituents is 1. The van der Waals surface area contributed by atoms with Crippen LogP contribution in [0.25, 0.3) is 0 Å². The first-order valence-electron chi connectivity index (χ1n) is 9.48. The molecule has 0 aliphatic rings. The van der Waals surface area contributed by atoms with Crippen LogP contribution in [0, 0.1) is 22.9 Å². The van der Waals surface area contributed by atoms with Gasteiger partial charge in [0.25, 0.3) is 11.6 Å². The van der Waals surface area contributed by atoms with Crippen molar-refractivity contribution in [3.8, 4) is 5.75 Å². The SMILES string of the molecule is Cc1ccc([N+](=O)[O-])cc1S(=O)(=O)Oc1ccc(C(=O)NCCc2ccc(F)cc2)cc1. The number of hydrogen-bond acceptors (Lipinski definition) is 6. The average Bonchev–Trinajstić information content (AvgIpc) is 2.75. The van der Waals surface area contributed by atoms with Gasteiger partial charge in [0.1, 0.15) is 16.5 Å². The Labute approximate surface area is 183 Å². The molecular weight excluding hydrogens is 439 g/mol. The van der Waals surface area contributed by atoms with Crippen molar-refractivity contribution >= 4 is 21.7 Å². The highest BCUT2D eigenvalue weighted by atomic mass is 32.2. The van der Waals surface area contributed by atoms with Crippen molar-refractivity contribution < 1.29 is 26.7 Å². The lowest BCUT2D eigenvalue weighted by Crippen LogP contribution is -2.25. The van der Waals surface area contributed by atoms with Crippen molar-refractivity contribution in [3.63, 3.8) is 0 Å². The summed E-state index contributed by atoms with van der Waals surface area (Å²) in [7, 11) is -4.31. The summed E-state index contributed by atoms with van der Waals surface area (Å²) >= 11 is 0. The van der Waals surface area contributed by atoms with Crippen molar-refractivity contribution in [2.75, 3.05) is 6.54 Å². The molecule has 0 aliphatic heterocycles. The Bertz CT molecular complexity index is 1240. The Morgan fingerprint density at radius 1 is 1.06 bits per heavy atom. The molecule has 8 nitrogen and oxygen atoms in total. The van der Waals surface area contributed by atoms with Crippen LogP contribution < -0.4 is 9.50 Å². The van der Waals surface area contributed by atoms with Gasteiger partial charge < -0.3 is 9.50 Å². The second kappa shape index (κ2) is 9.56.